The molecule has 156 valence electrons. The number of methoxy groups -OCH3 is 1. The number of nitrogens with one attached hydrogen (secondary N) is 3. The fraction of sp³-hybridized carbons (Fsp3) is 0.273. The third-order valence-corrected chi connectivity index (χ3v) is 5.28. The molecule has 1 aliphatic rings. The summed E-state index contributed by atoms with van der Waals surface area (Å²) in [5.74, 6) is 0.735. The third kappa shape index (κ3) is 4.43. The van der Waals surface area contributed by atoms with Gasteiger partial charge in [0.15, 0.2) is 0 Å². The maximum Gasteiger partial charge on any atom is 0.222 e. The number of amides is 1. The first kappa shape index (κ1) is 21.7. The monoisotopic (exact) mass is 469 g/mol. The van der Waals surface area contributed by atoms with Crippen molar-refractivity contribution in [1.82, 2.24) is 5.32 Å². The Balaban J connectivity index is 2.24. The van der Waals surface area contributed by atoms with Crippen LogP contribution in [0.5, 0.6) is 5.75 Å². The normalized spacial score (nSPS) is 15.7. The number of hydrogen-bond donors (Lipinski definition) is 3. The molecular weight excluding hydrogens is 446 g/mol. The van der Waals surface area contributed by atoms with Crippen molar-refractivity contribution < 1.29 is 9.53 Å². The molecule has 3 rings (SSSR count). The molecule has 0 spiro atoms. The predicted molar refractivity (Wildman–Crippen MR) is 123 cm³/mol. The molecule has 1 heterocycles. The number of fused-ring (bicyclic) bond motifs is 1. The Bertz CT molecular complexity index is 1020. The number of aliphatic imine (C=N–C) groups is 1. The number of rotatable bonds is 5. The topological polar surface area (TPSA) is 102 Å². The van der Waals surface area contributed by atoms with Gasteiger partial charge in [0.05, 0.1) is 24.9 Å². The number of halogens is 1. The lowest BCUT2D eigenvalue weighted by atomic mass is 9.99. The Morgan fingerprint density at radius 1 is 1.27 bits per heavy atom. The molecule has 0 aromatic heterocycles. The number of hydrogen-bond acceptors (Lipinski definition) is 5. The summed E-state index contributed by atoms with van der Waals surface area (Å²) in [6.07, 6.45) is 0.0294. The lowest BCUT2D eigenvalue weighted by molar-refractivity contribution is -0.121. The molecule has 30 heavy (non-hydrogen) atoms. The second kappa shape index (κ2) is 9.21. The van der Waals surface area contributed by atoms with Gasteiger partial charge >= 0.3 is 0 Å². The summed E-state index contributed by atoms with van der Waals surface area (Å²) in [6.45, 7) is 3.98. The zero-order valence-electron chi connectivity index (χ0n) is 17.1. The summed E-state index contributed by atoms with van der Waals surface area (Å²) >= 11 is 3.46. The Morgan fingerprint density at radius 3 is 2.57 bits per heavy atom. The first-order valence-corrected chi connectivity index (χ1v) is 10.4. The summed E-state index contributed by atoms with van der Waals surface area (Å²) in [5.41, 5.74) is 2.91. The Kier molecular flexibility index (Phi) is 6.66. The molecule has 0 bridgehead atoms. The quantitative estimate of drug-likeness (QED) is 0.455. The summed E-state index contributed by atoms with van der Waals surface area (Å²) in [5, 5.41) is 19.8. The zero-order valence-corrected chi connectivity index (χ0v) is 18.7. The number of anilines is 1. The van der Waals surface area contributed by atoms with E-state index < -0.39 is 6.04 Å². The molecule has 1 amide bonds. The van der Waals surface area contributed by atoms with Gasteiger partial charge in [-0.1, -0.05) is 28.1 Å². The highest BCUT2D eigenvalue weighted by Crippen LogP contribution is 2.33. The number of carbonyl (C=O) groups is 1. The highest BCUT2D eigenvalue weighted by molar-refractivity contribution is 9.10. The average molecular weight is 470 g/mol. The fourth-order valence-corrected chi connectivity index (χ4v) is 3.64. The van der Waals surface area contributed by atoms with Gasteiger partial charge in [0.25, 0.3) is 0 Å². The van der Waals surface area contributed by atoms with E-state index in [1.807, 2.05) is 43.3 Å². The number of ether oxygens (including phenoxy) is 1. The SMILES string of the molecule is CCNC(=O)C[C@@H]1N=C(c2ccc(Br)cc2)c2cc(OC)ccc2N(C(C)=N)C1=N. The fourth-order valence-electron chi connectivity index (χ4n) is 3.38. The molecule has 0 aliphatic carbocycles. The van der Waals surface area contributed by atoms with Crippen LogP contribution >= 0.6 is 15.9 Å². The average Bonchev–Trinajstić information content (AvgIpc) is 2.83. The van der Waals surface area contributed by atoms with E-state index in [0.29, 0.717) is 23.7 Å². The molecule has 0 saturated heterocycles. The highest BCUT2D eigenvalue weighted by atomic mass is 79.9. The van der Waals surface area contributed by atoms with E-state index in [0.717, 1.165) is 15.6 Å². The number of amidine groups is 2. The number of benzene rings is 2. The van der Waals surface area contributed by atoms with Crippen LogP contribution in [0.1, 0.15) is 31.4 Å². The largest absolute Gasteiger partial charge is 0.497 e. The van der Waals surface area contributed by atoms with Gasteiger partial charge in [-0.25, -0.2) is 0 Å². The number of nitrogens with zero attached hydrogens (tertiary/aromatic N) is 2. The molecule has 1 atom stereocenters. The van der Waals surface area contributed by atoms with Gasteiger partial charge in [-0.05, 0) is 44.2 Å². The number of benzodiazepines with no additional fused rings is 1. The van der Waals surface area contributed by atoms with Crippen LogP contribution in [0.15, 0.2) is 51.9 Å². The first-order valence-electron chi connectivity index (χ1n) is 9.58. The lowest BCUT2D eigenvalue weighted by Gasteiger charge is -2.26. The van der Waals surface area contributed by atoms with Gasteiger partial charge in [0, 0.05) is 22.1 Å². The zero-order chi connectivity index (χ0) is 21.8. The van der Waals surface area contributed by atoms with Crippen LogP contribution in [-0.2, 0) is 4.79 Å². The third-order valence-electron chi connectivity index (χ3n) is 4.75. The molecule has 0 unspecified atom stereocenters. The van der Waals surface area contributed by atoms with Crippen LogP contribution in [0.25, 0.3) is 0 Å². The van der Waals surface area contributed by atoms with E-state index in [1.165, 1.54) is 4.90 Å². The summed E-state index contributed by atoms with van der Waals surface area (Å²) in [7, 11) is 1.59. The Morgan fingerprint density at radius 2 is 1.97 bits per heavy atom. The van der Waals surface area contributed by atoms with Crippen LogP contribution in [-0.4, -0.2) is 43.0 Å². The molecule has 0 saturated carbocycles. The van der Waals surface area contributed by atoms with Crippen LogP contribution in [0.3, 0.4) is 0 Å². The van der Waals surface area contributed by atoms with E-state index in [9.17, 15) is 4.79 Å². The maximum atomic E-state index is 12.3. The van der Waals surface area contributed by atoms with Gasteiger partial charge < -0.3 is 10.1 Å². The Hall–Kier alpha value is -3.00. The Labute approximate surface area is 184 Å². The van der Waals surface area contributed by atoms with Crippen LogP contribution in [0.4, 0.5) is 5.69 Å². The lowest BCUT2D eigenvalue weighted by Crippen LogP contribution is -2.42. The van der Waals surface area contributed by atoms with E-state index >= 15 is 0 Å². The minimum Gasteiger partial charge on any atom is -0.497 e. The molecule has 0 radical (unpaired) electrons. The van der Waals surface area contributed by atoms with Crippen LogP contribution < -0.4 is 15.0 Å². The van der Waals surface area contributed by atoms with Crippen molar-refractivity contribution >= 4 is 44.9 Å². The van der Waals surface area contributed by atoms with Crippen molar-refractivity contribution in [2.75, 3.05) is 18.6 Å². The van der Waals surface area contributed by atoms with Gasteiger partial charge in [0.2, 0.25) is 5.91 Å². The standard InChI is InChI=1S/C22H24BrN5O2/c1-4-26-20(29)12-18-22(25)28(13(2)24)19-10-9-16(30-3)11-17(19)21(27-18)14-5-7-15(23)8-6-14/h5-11,18,24-25H,4,12H2,1-3H3,(H,26,29)/t18-/m0/s1. The van der Waals surface area contributed by atoms with E-state index in [2.05, 4.69) is 21.2 Å². The van der Waals surface area contributed by atoms with Crippen molar-refractivity contribution in [3.8, 4) is 5.75 Å². The molecule has 3 N–H and O–H groups in total. The van der Waals surface area contributed by atoms with E-state index in [4.69, 9.17) is 20.5 Å². The van der Waals surface area contributed by atoms with Crippen molar-refractivity contribution in [2.45, 2.75) is 26.3 Å². The van der Waals surface area contributed by atoms with Gasteiger partial charge in [0.1, 0.15) is 23.5 Å². The second-order valence-corrected chi connectivity index (χ2v) is 7.76. The van der Waals surface area contributed by atoms with Crippen molar-refractivity contribution in [3.05, 3.63) is 58.1 Å². The summed E-state index contributed by atoms with van der Waals surface area (Å²) in [6, 6.07) is 12.5. The minimum absolute atomic E-state index is 0.0294. The van der Waals surface area contributed by atoms with Crippen molar-refractivity contribution in [1.29, 1.82) is 10.8 Å². The first-order chi connectivity index (χ1) is 14.3. The maximum absolute atomic E-state index is 12.3. The van der Waals surface area contributed by atoms with Crippen LogP contribution in [0, 0.1) is 10.8 Å². The molecule has 8 heteroatoms. The second-order valence-electron chi connectivity index (χ2n) is 6.85. The minimum atomic E-state index is -0.728. The van der Waals surface area contributed by atoms with Gasteiger partial charge in [-0.2, -0.15) is 0 Å². The number of carbonyl (C=O) groups excluding carboxylic acids is 1. The smallest absolute Gasteiger partial charge is 0.222 e. The van der Waals surface area contributed by atoms with E-state index in [-0.39, 0.29) is 24.0 Å². The van der Waals surface area contributed by atoms with Crippen molar-refractivity contribution in [3.63, 3.8) is 0 Å². The van der Waals surface area contributed by atoms with Gasteiger partial charge in [-0.15, -0.1) is 0 Å². The van der Waals surface area contributed by atoms with E-state index in [1.54, 1.807) is 20.1 Å². The summed E-state index contributed by atoms with van der Waals surface area (Å²) < 4.78 is 6.36. The molecule has 1 aliphatic heterocycles. The predicted octanol–water partition coefficient (Wildman–Crippen LogP) is 3.98. The molecule has 2 aromatic rings. The molecule has 0 fully saturated rings. The van der Waals surface area contributed by atoms with Gasteiger partial charge in [-0.3, -0.25) is 25.5 Å². The molecule has 2 aromatic carbocycles. The molecule has 7 nitrogen and oxygen atoms in total. The van der Waals surface area contributed by atoms with Crippen molar-refractivity contribution in [2.24, 2.45) is 4.99 Å². The van der Waals surface area contributed by atoms with Crippen LogP contribution in [0.2, 0.25) is 0 Å². The highest BCUT2D eigenvalue weighted by Gasteiger charge is 2.32. The molecular formula is C22H24BrN5O2. The summed E-state index contributed by atoms with van der Waals surface area (Å²) in [4.78, 5) is 18.7.